The van der Waals surface area contributed by atoms with Crippen LogP contribution in [0.15, 0.2) is 30.5 Å². The van der Waals surface area contributed by atoms with E-state index >= 15 is 0 Å². The highest BCUT2D eigenvalue weighted by Gasteiger charge is 2.14. The normalized spacial score (nSPS) is 18.5. The van der Waals surface area contributed by atoms with Gasteiger partial charge in [0.2, 0.25) is 5.91 Å². The molecule has 1 atom stereocenters. The number of nitrogens with one attached hydrogen (secondary N) is 3. The first-order valence-corrected chi connectivity index (χ1v) is 7.38. The zero-order valence-electron chi connectivity index (χ0n) is 11.6. The number of aromatic amines is 1. The van der Waals surface area contributed by atoms with Gasteiger partial charge in [0.25, 0.3) is 0 Å². The maximum atomic E-state index is 12.0. The minimum absolute atomic E-state index is 0.104. The quantitative estimate of drug-likeness (QED) is 0.778. The lowest BCUT2D eigenvalue weighted by molar-refractivity contribution is -0.120. The molecule has 0 bridgehead atoms. The lowest BCUT2D eigenvalue weighted by Gasteiger charge is -2.10. The third-order valence-electron chi connectivity index (χ3n) is 4.00. The number of benzene rings is 1. The molecule has 0 aliphatic carbocycles. The number of rotatable bonds is 5. The summed E-state index contributed by atoms with van der Waals surface area (Å²) in [6.45, 7) is 1.88. The molecule has 3 rings (SSSR count). The van der Waals surface area contributed by atoms with Gasteiger partial charge in [-0.1, -0.05) is 18.2 Å². The van der Waals surface area contributed by atoms with E-state index < -0.39 is 0 Å². The van der Waals surface area contributed by atoms with Crippen molar-refractivity contribution < 1.29 is 4.79 Å². The summed E-state index contributed by atoms with van der Waals surface area (Å²) in [7, 11) is 0. The van der Waals surface area contributed by atoms with Crippen LogP contribution in [0.5, 0.6) is 0 Å². The third-order valence-corrected chi connectivity index (χ3v) is 4.00. The fourth-order valence-electron chi connectivity index (χ4n) is 2.90. The van der Waals surface area contributed by atoms with Crippen LogP contribution in [0.3, 0.4) is 0 Å². The first-order chi connectivity index (χ1) is 9.83. The molecule has 3 N–H and O–H groups in total. The lowest BCUT2D eigenvalue weighted by atomic mass is 10.1. The highest BCUT2D eigenvalue weighted by Crippen LogP contribution is 2.17. The second-order valence-corrected chi connectivity index (χ2v) is 5.47. The van der Waals surface area contributed by atoms with Crippen molar-refractivity contribution in [2.24, 2.45) is 0 Å². The van der Waals surface area contributed by atoms with Crippen molar-refractivity contribution in [3.63, 3.8) is 0 Å². The molecule has 1 fully saturated rings. The van der Waals surface area contributed by atoms with E-state index in [-0.39, 0.29) is 5.91 Å². The van der Waals surface area contributed by atoms with E-state index in [1.807, 2.05) is 24.4 Å². The van der Waals surface area contributed by atoms with Gasteiger partial charge in [-0.25, -0.2) is 0 Å². The maximum absolute atomic E-state index is 12.0. The molecule has 4 heteroatoms. The van der Waals surface area contributed by atoms with Gasteiger partial charge in [-0.3, -0.25) is 4.79 Å². The Hall–Kier alpha value is -1.81. The van der Waals surface area contributed by atoms with Crippen molar-refractivity contribution in [2.75, 3.05) is 13.1 Å². The van der Waals surface area contributed by atoms with Gasteiger partial charge >= 0.3 is 0 Å². The minimum Gasteiger partial charge on any atom is -0.361 e. The standard InChI is InChI=1S/C16H21N3O/c20-16(18-9-7-13-4-3-8-17-13)10-12-11-19-15-6-2-1-5-14(12)15/h1-2,5-6,11,13,17,19H,3-4,7-10H2,(H,18,20). The van der Waals surface area contributed by atoms with Crippen LogP contribution in [0.25, 0.3) is 10.9 Å². The monoisotopic (exact) mass is 271 g/mol. The molecule has 1 amide bonds. The molecule has 20 heavy (non-hydrogen) atoms. The zero-order valence-corrected chi connectivity index (χ0v) is 11.6. The molecular weight excluding hydrogens is 250 g/mol. The minimum atomic E-state index is 0.104. The van der Waals surface area contributed by atoms with Crippen molar-refractivity contribution in [1.82, 2.24) is 15.6 Å². The first-order valence-electron chi connectivity index (χ1n) is 7.38. The van der Waals surface area contributed by atoms with Gasteiger partial charge in [0.05, 0.1) is 6.42 Å². The van der Waals surface area contributed by atoms with Gasteiger partial charge in [0, 0.05) is 29.7 Å². The highest BCUT2D eigenvalue weighted by atomic mass is 16.1. The fraction of sp³-hybridized carbons (Fsp3) is 0.438. The Bertz CT molecular complexity index is 584. The zero-order chi connectivity index (χ0) is 13.8. The summed E-state index contributed by atoms with van der Waals surface area (Å²) < 4.78 is 0. The van der Waals surface area contributed by atoms with E-state index in [4.69, 9.17) is 0 Å². The maximum Gasteiger partial charge on any atom is 0.224 e. The number of amides is 1. The Kier molecular flexibility index (Phi) is 4.02. The Morgan fingerprint density at radius 2 is 2.25 bits per heavy atom. The van der Waals surface area contributed by atoms with E-state index in [0.717, 1.165) is 36.0 Å². The number of carbonyl (C=O) groups excluding carboxylic acids is 1. The molecule has 1 saturated heterocycles. The molecule has 1 aliphatic rings. The number of para-hydroxylation sites is 1. The Morgan fingerprint density at radius 1 is 1.35 bits per heavy atom. The smallest absolute Gasteiger partial charge is 0.224 e. The van der Waals surface area contributed by atoms with Gasteiger partial charge < -0.3 is 15.6 Å². The van der Waals surface area contributed by atoms with Crippen LogP contribution in [0.2, 0.25) is 0 Å². The number of H-pyrrole nitrogens is 1. The van der Waals surface area contributed by atoms with Crippen molar-refractivity contribution in [2.45, 2.75) is 31.7 Å². The SMILES string of the molecule is O=C(Cc1c[nH]c2ccccc12)NCCC1CCCN1. The molecule has 1 aromatic carbocycles. The molecule has 0 radical (unpaired) electrons. The first kappa shape index (κ1) is 13.2. The summed E-state index contributed by atoms with van der Waals surface area (Å²) in [6.07, 6.45) is 5.90. The molecule has 106 valence electrons. The van der Waals surface area contributed by atoms with E-state index in [2.05, 4.69) is 21.7 Å². The van der Waals surface area contributed by atoms with Crippen molar-refractivity contribution in [1.29, 1.82) is 0 Å². The summed E-state index contributed by atoms with van der Waals surface area (Å²) in [5.74, 6) is 0.104. The molecule has 4 nitrogen and oxygen atoms in total. The topological polar surface area (TPSA) is 56.9 Å². The van der Waals surface area contributed by atoms with E-state index in [9.17, 15) is 4.79 Å². The predicted octanol–water partition coefficient (Wildman–Crippen LogP) is 1.97. The van der Waals surface area contributed by atoms with Crippen LogP contribution in [-0.2, 0) is 11.2 Å². The van der Waals surface area contributed by atoms with Gasteiger partial charge in [-0.2, -0.15) is 0 Å². The molecule has 1 aliphatic heterocycles. The molecule has 1 aromatic heterocycles. The number of carbonyl (C=O) groups is 1. The van der Waals surface area contributed by atoms with E-state index in [0.29, 0.717) is 12.5 Å². The molecule has 0 spiro atoms. The average Bonchev–Trinajstić information content (AvgIpc) is 3.09. The molecule has 2 heterocycles. The van der Waals surface area contributed by atoms with Crippen LogP contribution >= 0.6 is 0 Å². The second-order valence-electron chi connectivity index (χ2n) is 5.47. The summed E-state index contributed by atoms with van der Waals surface area (Å²) in [4.78, 5) is 15.2. The van der Waals surface area contributed by atoms with Crippen molar-refractivity contribution in [3.8, 4) is 0 Å². The molecule has 1 unspecified atom stereocenters. The number of fused-ring (bicyclic) bond motifs is 1. The highest BCUT2D eigenvalue weighted by molar-refractivity contribution is 5.88. The van der Waals surface area contributed by atoms with Crippen LogP contribution in [0, 0.1) is 0 Å². The van der Waals surface area contributed by atoms with Crippen LogP contribution in [-0.4, -0.2) is 30.0 Å². The second kappa shape index (κ2) is 6.09. The van der Waals surface area contributed by atoms with Crippen LogP contribution < -0.4 is 10.6 Å². The van der Waals surface area contributed by atoms with Gasteiger partial charge in [-0.15, -0.1) is 0 Å². The van der Waals surface area contributed by atoms with E-state index in [1.165, 1.54) is 12.8 Å². The summed E-state index contributed by atoms with van der Waals surface area (Å²) in [6, 6.07) is 8.67. The van der Waals surface area contributed by atoms with Crippen molar-refractivity contribution >= 4 is 16.8 Å². The lowest BCUT2D eigenvalue weighted by Crippen LogP contribution is -2.31. The average molecular weight is 271 g/mol. The van der Waals surface area contributed by atoms with Gasteiger partial charge in [0.1, 0.15) is 0 Å². The molecular formula is C16H21N3O. The summed E-state index contributed by atoms with van der Waals surface area (Å²) in [5.41, 5.74) is 2.16. The number of aromatic nitrogens is 1. The van der Waals surface area contributed by atoms with Gasteiger partial charge in [-0.05, 0) is 37.4 Å². The largest absolute Gasteiger partial charge is 0.361 e. The Balaban J connectivity index is 1.50. The third kappa shape index (κ3) is 3.02. The fourth-order valence-corrected chi connectivity index (χ4v) is 2.90. The van der Waals surface area contributed by atoms with E-state index in [1.54, 1.807) is 0 Å². The summed E-state index contributed by atoms with van der Waals surface area (Å²) >= 11 is 0. The number of hydrogen-bond donors (Lipinski definition) is 3. The van der Waals surface area contributed by atoms with Gasteiger partial charge in [0.15, 0.2) is 0 Å². The van der Waals surface area contributed by atoms with Crippen LogP contribution in [0.1, 0.15) is 24.8 Å². The summed E-state index contributed by atoms with van der Waals surface area (Å²) in [5, 5.41) is 7.60. The van der Waals surface area contributed by atoms with Crippen molar-refractivity contribution in [3.05, 3.63) is 36.0 Å². The Labute approximate surface area is 118 Å². The number of hydrogen-bond acceptors (Lipinski definition) is 2. The predicted molar refractivity (Wildman–Crippen MR) is 80.7 cm³/mol. The van der Waals surface area contributed by atoms with Crippen LogP contribution in [0.4, 0.5) is 0 Å². The molecule has 2 aromatic rings. The Morgan fingerprint density at radius 3 is 3.10 bits per heavy atom. The molecule has 0 saturated carbocycles.